The lowest BCUT2D eigenvalue weighted by molar-refractivity contribution is -0.144. The summed E-state index contributed by atoms with van der Waals surface area (Å²) in [7, 11) is 0. The Balaban J connectivity index is 2.07. The van der Waals surface area contributed by atoms with E-state index < -0.39 is 18.5 Å². The van der Waals surface area contributed by atoms with Gasteiger partial charge in [0.2, 0.25) is 0 Å². The van der Waals surface area contributed by atoms with Crippen molar-refractivity contribution < 1.29 is 19.1 Å². The first-order valence-corrected chi connectivity index (χ1v) is 7.85. The third-order valence-electron chi connectivity index (χ3n) is 3.50. The molecule has 0 spiro atoms. The van der Waals surface area contributed by atoms with E-state index in [2.05, 4.69) is 15.4 Å². The lowest BCUT2D eigenvalue weighted by Gasteiger charge is -2.16. The van der Waals surface area contributed by atoms with Gasteiger partial charge >= 0.3 is 5.97 Å². The van der Waals surface area contributed by atoms with Crippen molar-refractivity contribution in [1.82, 2.24) is 5.32 Å². The molecule has 0 bridgehead atoms. The molecule has 0 fully saturated rings. The number of nitrogens with one attached hydrogen (secondary N) is 2. The minimum Gasteiger partial charge on any atom is -0.456 e. The highest BCUT2D eigenvalue weighted by Crippen LogP contribution is 2.18. The van der Waals surface area contributed by atoms with Gasteiger partial charge in [0.05, 0.1) is 17.3 Å². The molecule has 0 heterocycles. The number of anilines is 1. The molecule has 0 aliphatic heterocycles. The predicted octanol–water partition coefficient (Wildman–Crippen LogP) is 2.68. The maximum atomic E-state index is 12.5. The zero-order chi connectivity index (χ0) is 18.2. The summed E-state index contributed by atoms with van der Waals surface area (Å²) >= 11 is 0. The summed E-state index contributed by atoms with van der Waals surface area (Å²) in [5.41, 5.74) is 1.67. The van der Waals surface area contributed by atoms with Crippen molar-refractivity contribution >= 4 is 23.5 Å². The van der Waals surface area contributed by atoms with Gasteiger partial charge in [-0.2, -0.15) is 0 Å². The molecule has 2 aromatic carbocycles. The molecule has 25 heavy (non-hydrogen) atoms. The van der Waals surface area contributed by atoms with Crippen molar-refractivity contribution in [1.29, 1.82) is 0 Å². The first kappa shape index (κ1) is 18.2. The molecule has 6 heteroatoms. The van der Waals surface area contributed by atoms with Gasteiger partial charge in [-0.15, -0.1) is 0 Å². The molecular formula is C19H20N2O4. The fourth-order valence-electron chi connectivity index (χ4n) is 2.24. The summed E-state index contributed by atoms with van der Waals surface area (Å²) in [4.78, 5) is 35.1. The van der Waals surface area contributed by atoms with Gasteiger partial charge in [-0.05, 0) is 24.6 Å². The zero-order valence-corrected chi connectivity index (χ0v) is 14.1. The van der Waals surface area contributed by atoms with Gasteiger partial charge in [-0.25, -0.2) is 0 Å². The number of hydrogen-bond donors (Lipinski definition) is 2. The second kappa shape index (κ2) is 8.63. The molecule has 2 rings (SSSR count). The largest absolute Gasteiger partial charge is 0.456 e. The molecule has 6 nitrogen and oxygen atoms in total. The van der Waals surface area contributed by atoms with Crippen molar-refractivity contribution in [3.8, 4) is 0 Å². The Labute approximate surface area is 146 Å². The SMILES string of the molecule is CC(=O)OCC(=O)Nc1ccccc1C(=O)N[C@H](C)c1ccccc1. The third kappa shape index (κ3) is 5.46. The van der Waals surface area contributed by atoms with Crippen molar-refractivity contribution in [3.63, 3.8) is 0 Å². The summed E-state index contributed by atoms with van der Waals surface area (Å²) < 4.78 is 4.65. The number of esters is 1. The molecule has 2 amide bonds. The van der Waals surface area contributed by atoms with Gasteiger partial charge in [-0.3, -0.25) is 14.4 Å². The van der Waals surface area contributed by atoms with Crippen LogP contribution < -0.4 is 10.6 Å². The van der Waals surface area contributed by atoms with E-state index in [1.165, 1.54) is 6.92 Å². The molecule has 0 aliphatic carbocycles. The summed E-state index contributed by atoms with van der Waals surface area (Å²) in [6.07, 6.45) is 0. The lowest BCUT2D eigenvalue weighted by Crippen LogP contribution is -2.28. The maximum Gasteiger partial charge on any atom is 0.303 e. The summed E-state index contributed by atoms with van der Waals surface area (Å²) in [5.74, 6) is -1.36. The predicted molar refractivity (Wildman–Crippen MR) is 94.0 cm³/mol. The second-order valence-corrected chi connectivity index (χ2v) is 5.48. The number of rotatable bonds is 6. The smallest absolute Gasteiger partial charge is 0.303 e. The van der Waals surface area contributed by atoms with Gasteiger partial charge in [0.25, 0.3) is 11.8 Å². The van der Waals surface area contributed by atoms with Gasteiger partial charge in [-0.1, -0.05) is 42.5 Å². The Morgan fingerprint density at radius 2 is 1.64 bits per heavy atom. The van der Waals surface area contributed by atoms with Crippen molar-refractivity contribution in [2.75, 3.05) is 11.9 Å². The second-order valence-electron chi connectivity index (χ2n) is 5.48. The fourth-order valence-corrected chi connectivity index (χ4v) is 2.24. The molecule has 2 N–H and O–H groups in total. The topological polar surface area (TPSA) is 84.5 Å². The molecule has 0 radical (unpaired) electrons. The van der Waals surface area contributed by atoms with Crippen LogP contribution in [-0.4, -0.2) is 24.4 Å². The van der Waals surface area contributed by atoms with Crippen LogP contribution in [0.4, 0.5) is 5.69 Å². The number of hydrogen-bond acceptors (Lipinski definition) is 4. The van der Waals surface area contributed by atoms with E-state index >= 15 is 0 Å². The molecule has 0 saturated carbocycles. The Kier molecular flexibility index (Phi) is 6.28. The van der Waals surface area contributed by atoms with Crippen LogP contribution in [0.25, 0.3) is 0 Å². The molecule has 0 aromatic heterocycles. The first-order valence-electron chi connectivity index (χ1n) is 7.85. The summed E-state index contributed by atoms with van der Waals surface area (Å²) in [6, 6.07) is 16.0. The fraction of sp³-hybridized carbons (Fsp3) is 0.211. The van der Waals surface area contributed by atoms with Crippen LogP contribution in [0.5, 0.6) is 0 Å². The van der Waals surface area contributed by atoms with E-state index in [0.29, 0.717) is 11.3 Å². The van der Waals surface area contributed by atoms with Crippen molar-refractivity contribution in [3.05, 3.63) is 65.7 Å². The summed E-state index contributed by atoms with van der Waals surface area (Å²) in [5, 5.41) is 5.48. The number of carbonyl (C=O) groups is 3. The highest BCUT2D eigenvalue weighted by molar-refractivity contribution is 6.04. The average Bonchev–Trinajstić information content (AvgIpc) is 2.61. The van der Waals surface area contributed by atoms with Crippen LogP contribution >= 0.6 is 0 Å². The monoisotopic (exact) mass is 340 g/mol. The van der Waals surface area contributed by atoms with E-state index in [1.54, 1.807) is 24.3 Å². The first-order chi connectivity index (χ1) is 12.0. The van der Waals surface area contributed by atoms with Gasteiger partial charge in [0, 0.05) is 6.92 Å². The molecule has 2 aromatic rings. The van der Waals surface area contributed by atoms with E-state index in [4.69, 9.17) is 0 Å². The normalized spacial score (nSPS) is 11.3. The van der Waals surface area contributed by atoms with Crippen molar-refractivity contribution in [2.24, 2.45) is 0 Å². The average molecular weight is 340 g/mol. The van der Waals surface area contributed by atoms with Crippen LogP contribution in [-0.2, 0) is 14.3 Å². The van der Waals surface area contributed by atoms with E-state index in [1.807, 2.05) is 37.3 Å². The van der Waals surface area contributed by atoms with Gasteiger partial charge in [0.1, 0.15) is 0 Å². The van der Waals surface area contributed by atoms with Crippen LogP contribution in [0, 0.1) is 0 Å². The molecular weight excluding hydrogens is 320 g/mol. The number of para-hydroxylation sites is 1. The number of carbonyl (C=O) groups excluding carboxylic acids is 3. The standard InChI is InChI=1S/C19H20N2O4/c1-13(15-8-4-3-5-9-15)20-19(24)16-10-6-7-11-17(16)21-18(23)12-25-14(2)22/h3-11,13H,12H2,1-2H3,(H,20,24)(H,21,23)/t13-/m1/s1. The number of benzene rings is 2. The van der Waals surface area contributed by atoms with Crippen LogP contribution in [0.1, 0.15) is 35.8 Å². The zero-order valence-electron chi connectivity index (χ0n) is 14.1. The summed E-state index contributed by atoms with van der Waals surface area (Å²) in [6.45, 7) is 2.71. The molecule has 1 atom stereocenters. The van der Waals surface area contributed by atoms with Crippen LogP contribution in [0.3, 0.4) is 0 Å². The Morgan fingerprint density at radius 1 is 1.00 bits per heavy atom. The Hall–Kier alpha value is -3.15. The highest BCUT2D eigenvalue weighted by atomic mass is 16.5. The van der Waals surface area contributed by atoms with Crippen LogP contribution in [0.15, 0.2) is 54.6 Å². The Bertz CT molecular complexity index is 759. The van der Waals surface area contributed by atoms with Crippen molar-refractivity contribution in [2.45, 2.75) is 19.9 Å². The third-order valence-corrected chi connectivity index (χ3v) is 3.50. The lowest BCUT2D eigenvalue weighted by atomic mass is 10.1. The molecule has 0 saturated heterocycles. The molecule has 0 aliphatic rings. The highest BCUT2D eigenvalue weighted by Gasteiger charge is 2.16. The minimum atomic E-state index is -0.544. The van der Waals surface area contributed by atoms with Gasteiger partial charge < -0.3 is 15.4 Å². The number of ether oxygens (including phenoxy) is 1. The van der Waals surface area contributed by atoms with Gasteiger partial charge in [0.15, 0.2) is 6.61 Å². The number of amides is 2. The quantitative estimate of drug-likeness (QED) is 0.792. The van der Waals surface area contributed by atoms with E-state index in [0.717, 1.165) is 5.56 Å². The Morgan fingerprint density at radius 3 is 2.32 bits per heavy atom. The molecule has 130 valence electrons. The van der Waals surface area contributed by atoms with Crippen LogP contribution in [0.2, 0.25) is 0 Å². The van der Waals surface area contributed by atoms with E-state index in [-0.39, 0.29) is 11.9 Å². The molecule has 0 unspecified atom stereocenters. The minimum absolute atomic E-state index is 0.182. The maximum absolute atomic E-state index is 12.5. The van der Waals surface area contributed by atoms with E-state index in [9.17, 15) is 14.4 Å².